The lowest BCUT2D eigenvalue weighted by molar-refractivity contribution is -0.869. The molecule has 0 heterocycles. The van der Waals surface area contributed by atoms with Crippen molar-refractivity contribution >= 4 is 11.7 Å². The predicted molar refractivity (Wildman–Crippen MR) is 157 cm³/mol. The Hall–Kier alpha value is -0.400. The zero-order valence-corrected chi connectivity index (χ0v) is 26.6. The molecule has 232 valence electrons. The Balaban J connectivity index is -0.00000193. The van der Waals surface area contributed by atoms with Gasteiger partial charge in [-0.05, 0) is 19.4 Å². The van der Waals surface area contributed by atoms with Crippen molar-refractivity contribution < 1.29 is 43.8 Å². The van der Waals surface area contributed by atoms with Crippen molar-refractivity contribution in [3.05, 3.63) is 0 Å². The van der Waals surface area contributed by atoms with Crippen molar-refractivity contribution in [3.63, 3.8) is 0 Å². The maximum atomic E-state index is 11.8. The average Bonchev–Trinajstić information content (AvgIpc) is 2.77. The van der Waals surface area contributed by atoms with E-state index < -0.39 is 0 Å². The summed E-state index contributed by atoms with van der Waals surface area (Å²) in [6, 6.07) is 0. The maximum absolute atomic E-state index is 11.8. The fourth-order valence-corrected chi connectivity index (χ4v) is 4.23. The quantitative estimate of drug-likeness (QED) is 0.0846. The van der Waals surface area contributed by atoms with Gasteiger partial charge in [0.05, 0.1) is 54.9 Å². The lowest BCUT2D eigenvalue weighted by atomic mass is 10.0. The van der Waals surface area contributed by atoms with Crippen LogP contribution in [-0.2, 0) is 9.59 Å². The minimum atomic E-state index is 0. The van der Waals surface area contributed by atoms with Gasteiger partial charge >= 0.3 is 0 Å². The van der Waals surface area contributed by atoms with Crippen molar-refractivity contribution in [2.75, 3.05) is 68.0 Å². The number of carbonyl (C=O) groups is 2. The monoisotopic (exact) mass is 584 g/mol. The molecule has 0 spiro atoms. The zero-order chi connectivity index (χ0) is 26.2. The predicted octanol–water partition coefficient (Wildman–Crippen LogP) is -1.61. The molecule has 1 amide bonds. The topological polar surface area (TPSA) is 62.6 Å². The van der Waals surface area contributed by atoms with Crippen LogP contribution >= 0.6 is 0 Å². The number of hydrogen-bond acceptors (Lipinski definition) is 3. The summed E-state index contributed by atoms with van der Waals surface area (Å²) in [5.74, 6) is 0.623. The molecule has 6 nitrogen and oxygen atoms in total. The summed E-state index contributed by atoms with van der Waals surface area (Å²) in [6.07, 6.45) is 20.2. The third kappa shape index (κ3) is 37.8. The first-order chi connectivity index (χ1) is 16.7. The summed E-state index contributed by atoms with van der Waals surface area (Å²) in [5.41, 5.74) is 0. The fourth-order valence-electron chi connectivity index (χ4n) is 4.23. The molecule has 0 aliphatic heterocycles. The van der Waals surface area contributed by atoms with E-state index in [9.17, 15) is 9.59 Å². The number of nitrogens with zero attached hydrogens (tertiary/aromatic N) is 1. The molecule has 0 saturated heterocycles. The van der Waals surface area contributed by atoms with Gasteiger partial charge in [0, 0.05) is 32.2 Å². The van der Waals surface area contributed by atoms with Crippen LogP contribution in [0.1, 0.15) is 117 Å². The van der Waals surface area contributed by atoms with E-state index in [2.05, 4.69) is 45.9 Å². The molecule has 0 rings (SSSR count). The number of unbranched alkanes of at least 4 members (excludes halogenated alkanes) is 12. The number of likely N-dealkylation sites (N-methyl/N-ethyl adjacent to an activating group) is 1. The van der Waals surface area contributed by atoms with Gasteiger partial charge in [0.25, 0.3) is 0 Å². The number of nitrogens with one attached hydrogen (secondary N) is 3. The van der Waals surface area contributed by atoms with Crippen molar-refractivity contribution in [1.82, 2.24) is 10.6 Å². The molecule has 0 aromatic carbocycles. The summed E-state index contributed by atoms with van der Waals surface area (Å²) in [7, 11) is 10.7. The highest BCUT2D eigenvalue weighted by atomic mass is 35.5. The first-order valence-corrected chi connectivity index (χ1v) is 14.8. The standard InChI is InChI=1S/C29H60N4O2.CH4.2ClH/c1-32(2)26-19-21-28(34)20-17-15-13-11-9-7-6-8-10-12-14-16-18-23-30-24-22-29(35)31-25-27-33(3,4)5;;;/h30H,6-27H2,1-5H3;1H4;2*1H. The van der Waals surface area contributed by atoms with Gasteiger partial charge in [-0.1, -0.05) is 78.1 Å². The Labute approximate surface area is 250 Å². The van der Waals surface area contributed by atoms with Crippen LogP contribution in [-0.4, -0.2) is 84.1 Å². The van der Waals surface area contributed by atoms with Crippen molar-refractivity contribution in [1.29, 1.82) is 0 Å². The van der Waals surface area contributed by atoms with Crippen LogP contribution in [0.5, 0.6) is 0 Å². The summed E-state index contributed by atoms with van der Waals surface area (Å²) >= 11 is 0. The van der Waals surface area contributed by atoms with Gasteiger partial charge in [0.2, 0.25) is 5.91 Å². The number of ketones is 1. The van der Waals surface area contributed by atoms with E-state index in [1.54, 1.807) is 0 Å². The van der Waals surface area contributed by atoms with Gasteiger partial charge < -0.3 is 44.8 Å². The van der Waals surface area contributed by atoms with Crippen molar-refractivity contribution in [2.45, 2.75) is 117 Å². The van der Waals surface area contributed by atoms with Gasteiger partial charge in [-0.15, -0.1) is 0 Å². The Kier molecular flexibility index (Phi) is 36.6. The van der Waals surface area contributed by atoms with Crippen LogP contribution in [0.3, 0.4) is 0 Å². The summed E-state index contributed by atoms with van der Waals surface area (Å²) in [6.45, 7) is 4.62. The second-order valence-corrected chi connectivity index (χ2v) is 11.8. The van der Waals surface area contributed by atoms with E-state index in [1.165, 1.54) is 81.9 Å². The Morgan fingerprint density at radius 2 is 1.05 bits per heavy atom. The van der Waals surface area contributed by atoms with Crippen LogP contribution in [0.4, 0.5) is 0 Å². The van der Waals surface area contributed by atoms with E-state index in [1.807, 2.05) is 0 Å². The van der Waals surface area contributed by atoms with Crippen molar-refractivity contribution in [2.24, 2.45) is 0 Å². The smallest absolute Gasteiger partial charge is 0.221 e. The Bertz CT molecular complexity index is 515. The highest BCUT2D eigenvalue weighted by molar-refractivity contribution is 5.78. The lowest BCUT2D eigenvalue weighted by Crippen LogP contribution is -3.05. The number of hydrogen-bond donors (Lipinski definition) is 3. The number of Topliss-reactive ketones (excluding diaryl/α,β-unsaturated/α-hetero) is 1. The van der Waals surface area contributed by atoms with E-state index in [-0.39, 0.29) is 38.1 Å². The molecule has 0 bridgehead atoms. The third-order valence-corrected chi connectivity index (χ3v) is 6.58. The van der Waals surface area contributed by atoms with Crippen LogP contribution in [0.25, 0.3) is 0 Å². The Morgan fingerprint density at radius 3 is 1.53 bits per heavy atom. The largest absolute Gasteiger partial charge is 1.00 e. The molecule has 0 aromatic heterocycles. The summed E-state index contributed by atoms with van der Waals surface area (Å²) < 4.78 is 0.877. The van der Waals surface area contributed by atoms with Crippen LogP contribution in [0.15, 0.2) is 0 Å². The third-order valence-electron chi connectivity index (χ3n) is 6.58. The van der Waals surface area contributed by atoms with Gasteiger partial charge in [-0.25, -0.2) is 0 Å². The van der Waals surface area contributed by atoms with Gasteiger partial charge in [-0.2, -0.15) is 0 Å². The van der Waals surface area contributed by atoms with E-state index in [0.717, 1.165) is 62.9 Å². The SMILES string of the molecule is C.C[NH+](C)CCCC(=O)CCCCCCCCCCCCCCCNCCC(=O)NCC[N+](C)(C)C.[Cl-].[Cl-]. The van der Waals surface area contributed by atoms with Crippen molar-refractivity contribution in [3.8, 4) is 0 Å². The number of rotatable bonds is 26. The molecular formula is C30H66Cl2N4O2. The van der Waals surface area contributed by atoms with E-state index in [0.29, 0.717) is 12.2 Å². The minimum Gasteiger partial charge on any atom is -1.00 e. The molecule has 3 N–H and O–H groups in total. The Morgan fingerprint density at radius 1 is 0.605 bits per heavy atom. The van der Waals surface area contributed by atoms with Gasteiger partial charge in [-0.3, -0.25) is 9.59 Å². The molecule has 0 radical (unpaired) electrons. The van der Waals surface area contributed by atoms with Crippen LogP contribution in [0.2, 0.25) is 0 Å². The molecule has 0 aromatic rings. The minimum absolute atomic E-state index is 0. The summed E-state index contributed by atoms with van der Waals surface area (Å²) in [4.78, 5) is 25.1. The highest BCUT2D eigenvalue weighted by Gasteiger charge is 2.07. The highest BCUT2D eigenvalue weighted by Crippen LogP contribution is 2.13. The molecule has 0 aliphatic carbocycles. The fraction of sp³-hybridized carbons (Fsp3) is 0.933. The number of quaternary nitrogens is 2. The first kappa shape index (κ1) is 44.6. The zero-order valence-electron chi connectivity index (χ0n) is 25.1. The number of halogens is 2. The molecule has 38 heavy (non-hydrogen) atoms. The molecular weight excluding hydrogens is 519 g/mol. The van der Waals surface area contributed by atoms with Gasteiger partial charge in [0.15, 0.2) is 0 Å². The number of carbonyl (C=O) groups excluding carboxylic acids is 2. The van der Waals surface area contributed by atoms with Crippen LogP contribution < -0.4 is 40.3 Å². The van der Waals surface area contributed by atoms with Gasteiger partial charge in [0.1, 0.15) is 5.78 Å². The van der Waals surface area contributed by atoms with E-state index >= 15 is 0 Å². The summed E-state index contributed by atoms with van der Waals surface area (Å²) in [5, 5.41) is 6.40. The molecule has 0 fully saturated rings. The molecule has 0 unspecified atom stereocenters. The molecule has 0 atom stereocenters. The van der Waals surface area contributed by atoms with E-state index in [4.69, 9.17) is 0 Å². The lowest BCUT2D eigenvalue weighted by Gasteiger charge is -2.23. The molecule has 0 aliphatic rings. The maximum Gasteiger partial charge on any atom is 0.221 e. The molecule has 8 heteroatoms. The van der Waals surface area contributed by atoms with Crippen LogP contribution in [0, 0.1) is 0 Å². The second kappa shape index (κ2) is 31.1. The molecule has 0 saturated carbocycles. The first-order valence-electron chi connectivity index (χ1n) is 14.8. The normalized spacial score (nSPS) is 10.9. The second-order valence-electron chi connectivity index (χ2n) is 11.8. The average molecular weight is 586 g/mol. The number of amides is 1.